The lowest BCUT2D eigenvalue weighted by molar-refractivity contribution is -0.148. The second-order valence-electron chi connectivity index (χ2n) is 5.86. The number of hydrogen-bond acceptors (Lipinski definition) is 3. The van der Waals surface area contributed by atoms with Gasteiger partial charge in [-0.1, -0.05) is 6.92 Å². The van der Waals surface area contributed by atoms with E-state index in [9.17, 15) is 19.5 Å². The van der Waals surface area contributed by atoms with Crippen molar-refractivity contribution < 1.29 is 19.5 Å². The van der Waals surface area contributed by atoms with Crippen molar-refractivity contribution in [3.8, 4) is 0 Å². The molecule has 0 bridgehead atoms. The lowest BCUT2D eigenvalue weighted by Gasteiger charge is -2.29. The number of carboxylic acid groups (broad SMARTS) is 1. The summed E-state index contributed by atoms with van der Waals surface area (Å²) in [4.78, 5) is 39.0. The fourth-order valence-electron chi connectivity index (χ4n) is 3.27. The molecular weight excluding hydrogens is 274 g/mol. The van der Waals surface area contributed by atoms with Crippen LogP contribution in [-0.4, -0.2) is 65.5 Å². The SMILES string of the molecule is CCC1(C(=O)O)CCN(C(=O)N2CCCC2C(=O)NC)C1. The Bertz CT molecular complexity index is 454. The molecule has 0 aromatic carbocycles. The highest BCUT2D eigenvalue weighted by atomic mass is 16.4. The van der Waals surface area contributed by atoms with Gasteiger partial charge in [-0.25, -0.2) is 4.79 Å². The zero-order valence-corrected chi connectivity index (χ0v) is 12.6. The van der Waals surface area contributed by atoms with E-state index < -0.39 is 17.4 Å². The topological polar surface area (TPSA) is 90.0 Å². The number of amides is 3. The number of likely N-dealkylation sites (tertiary alicyclic amines) is 2. The van der Waals surface area contributed by atoms with E-state index >= 15 is 0 Å². The standard InChI is InChI=1S/C14H23N3O4/c1-3-14(12(19)20)6-8-16(9-14)13(21)17-7-4-5-10(17)11(18)15-2/h10H,3-9H2,1-2H3,(H,15,18)(H,19,20). The molecule has 7 heteroatoms. The molecule has 0 aromatic heterocycles. The number of likely N-dealkylation sites (N-methyl/N-ethyl adjacent to an activating group) is 1. The van der Waals surface area contributed by atoms with Crippen molar-refractivity contribution in [1.29, 1.82) is 0 Å². The Balaban J connectivity index is 2.08. The largest absolute Gasteiger partial charge is 0.481 e. The summed E-state index contributed by atoms with van der Waals surface area (Å²) in [6.45, 7) is 3.06. The van der Waals surface area contributed by atoms with Crippen molar-refractivity contribution >= 4 is 17.9 Å². The Hall–Kier alpha value is -1.79. The van der Waals surface area contributed by atoms with E-state index in [0.29, 0.717) is 32.4 Å². The fourth-order valence-corrected chi connectivity index (χ4v) is 3.27. The van der Waals surface area contributed by atoms with E-state index in [2.05, 4.69) is 5.32 Å². The Morgan fingerprint density at radius 1 is 1.33 bits per heavy atom. The molecule has 2 aliphatic heterocycles. The minimum Gasteiger partial charge on any atom is -0.481 e. The first kappa shape index (κ1) is 15.6. The van der Waals surface area contributed by atoms with E-state index in [1.54, 1.807) is 16.8 Å². The molecule has 0 spiro atoms. The molecule has 118 valence electrons. The average molecular weight is 297 g/mol. The number of nitrogens with one attached hydrogen (secondary N) is 1. The van der Waals surface area contributed by atoms with E-state index in [0.717, 1.165) is 6.42 Å². The molecule has 2 atom stereocenters. The van der Waals surface area contributed by atoms with Crippen molar-refractivity contribution in [3.63, 3.8) is 0 Å². The minimum atomic E-state index is -0.843. The van der Waals surface area contributed by atoms with E-state index in [-0.39, 0.29) is 18.5 Å². The highest BCUT2D eigenvalue weighted by Gasteiger charge is 2.47. The first-order chi connectivity index (χ1) is 9.95. The zero-order valence-electron chi connectivity index (χ0n) is 12.6. The first-order valence-electron chi connectivity index (χ1n) is 7.45. The van der Waals surface area contributed by atoms with Gasteiger partial charge in [0.1, 0.15) is 6.04 Å². The van der Waals surface area contributed by atoms with Crippen molar-refractivity contribution in [2.75, 3.05) is 26.7 Å². The molecule has 2 N–H and O–H groups in total. The van der Waals surface area contributed by atoms with Crippen LogP contribution < -0.4 is 5.32 Å². The summed E-state index contributed by atoms with van der Waals surface area (Å²) in [5.41, 5.74) is -0.835. The van der Waals surface area contributed by atoms with Crippen LogP contribution in [0.1, 0.15) is 32.6 Å². The Kier molecular flexibility index (Phi) is 4.39. The average Bonchev–Trinajstić information content (AvgIpc) is 3.13. The molecule has 3 amide bonds. The molecule has 0 aliphatic carbocycles. The van der Waals surface area contributed by atoms with Gasteiger partial charge in [0.05, 0.1) is 5.41 Å². The second-order valence-corrected chi connectivity index (χ2v) is 5.86. The highest BCUT2D eigenvalue weighted by Crippen LogP contribution is 2.35. The van der Waals surface area contributed by atoms with E-state index in [1.807, 2.05) is 6.92 Å². The van der Waals surface area contributed by atoms with Crippen LogP contribution in [-0.2, 0) is 9.59 Å². The maximum Gasteiger partial charge on any atom is 0.320 e. The summed E-state index contributed by atoms with van der Waals surface area (Å²) < 4.78 is 0. The summed E-state index contributed by atoms with van der Waals surface area (Å²) >= 11 is 0. The van der Waals surface area contributed by atoms with Gasteiger partial charge >= 0.3 is 12.0 Å². The highest BCUT2D eigenvalue weighted by molar-refractivity contribution is 5.88. The molecule has 2 fully saturated rings. The minimum absolute atomic E-state index is 0.153. The number of carboxylic acids is 1. The third kappa shape index (κ3) is 2.69. The number of urea groups is 1. The molecule has 2 saturated heterocycles. The molecule has 0 saturated carbocycles. The lowest BCUT2D eigenvalue weighted by atomic mass is 9.84. The van der Waals surface area contributed by atoms with Gasteiger partial charge < -0.3 is 20.2 Å². The molecule has 2 aliphatic rings. The van der Waals surface area contributed by atoms with Crippen LogP contribution in [0, 0.1) is 5.41 Å². The van der Waals surface area contributed by atoms with Crippen LogP contribution in [0.25, 0.3) is 0 Å². The Morgan fingerprint density at radius 3 is 2.57 bits per heavy atom. The summed E-state index contributed by atoms with van der Waals surface area (Å²) in [6, 6.07) is -0.637. The molecule has 0 radical (unpaired) electrons. The number of rotatable bonds is 3. The predicted molar refractivity (Wildman–Crippen MR) is 75.7 cm³/mol. The number of aliphatic carboxylic acids is 1. The van der Waals surface area contributed by atoms with Gasteiger partial charge in [-0.05, 0) is 25.7 Å². The summed E-state index contributed by atoms with van der Waals surface area (Å²) in [7, 11) is 1.56. The number of carbonyl (C=O) groups excluding carboxylic acids is 2. The predicted octanol–water partition coefficient (Wildman–Crippen LogP) is 0.504. The molecule has 2 rings (SSSR count). The Labute approximate surface area is 124 Å². The maximum absolute atomic E-state index is 12.6. The maximum atomic E-state index is 12.6. The third-order valence-electron chi connectivity index (χ3n) is 4.80. The van der Waals surface area contributed by atoms with Gasteiger partial charge in [0.2, 0.25) is 5.91 Å². The number of hydrogen-bond donors (Lipinski definition) is 2. The van der Waals surface area contributed by atoms with Gasteiger partial charge in [0.25, 0.3) is 0 Å². The van der Waals surface area contributed by atoms with Gasteiger partial charge in [-0.15, -0.1) is 0 Å². The van der Waals surface area contributed by atoms with Crippen molar-refractivity contribution in [3.05, 3.63) is 0 Å². The van der Waals surface area contributed by atoms with Gasteiger partial charge in [0, 0.05) is 26.7 Å². The van der Waals surface area contributed by atoms with Crippen molar-refractivity contribution in [2.45, 2.75) is 38.6 Å². The zero-order chi connectivity index (χ0) is 15.6. The molecule has 21 heavy (non-hydrogen) atoms. The quantitative estimate of drug-likeness (QED) is 0.794. The summed E-state index contributed by atoms with van der Waals surface area (Å²) in [5.74, 6) is -0.996. The molecule has 2 heterocycles. The molecular formula is C14H23N3O4. The van der Waals surface area contributed by atoms with Gasteiger partial charge in [-0.2, -0.15) is 0 Å². The van der Waals surface area contributed by atoms with Crippen LogP contribution in [0.15, 0.2) is 0 Å². The monoisotopic (exact) mass is 297 g/mol. The van der Waals surface area contributed by atoms with Crippen LogP contribution >= 0.6 is 0 Å². The third-order valence-corrected chi connectivity index (χ3v) is 4.80. The van der Waals surface area contributed by atoms with Crippen LogP contribution in [0.4, 0.5) is 4.79 Å². The molecule has 2 unspecified atom stereocenters. The van der Waals surface area contributed by atoms with Crippen LogP contribution in [0.3, 0.4) is 0 Å². The normalized spacial score (nSPS) is 28.8. The van der Waals surface area contributed by atoms with E-state index in [4.69, 9.17) is 0 Å². The van der Waals surface area contributed by atoms with Gasteiger partial charge in [0.15, 0.2) is 0 Å². The second kappa shape index (κ2) is 5.91. The van der Waals surface area contributed by atoms with Crippen molar-refractivity contribution in [2.24, 2.45) is 5.41 Å². The fraction of sp³-hybridized carbons (Fsp3) is 0.786. The first-order valence-corrected chi connectivity index (χ1v) is 7.45. The summed E-state index contributed by atoms with van der Waals surface area (Å²) in [6.07, 6.45) is 2.45. The number of carbonyl (C=O) groups is 3. The number of nitrogens with zero attached hydrogens (tertiary/aromatic N) is 2. The molecule has 7 nitrogen and oxygen atoms in total. The molecule has 0 aromatic rings. The van der Waals surface area contributed by atoms with Gasteiger partial charge in [-0.3, -0.25) is 9.59 Å². The Morgan fingerprint density at radius 2 is 2.05 bits per heavy atom. The van der Waals surface area contributed by atoms with Crippen LogP contribution in [0.5, 0.6) is 0 Å². The van der Waals surface area contributed by atoms with Crippen molar-refractivity contribution in [1.82, 2.24) is 15.1 Å². The summed E-state index contributed by atoms with van der Waals surface area (Å²) in [5, 5.41) is 12.0. The van der Waals surface area contributed by atoms with E-state index in [1.165, 1.54) is 0 Å². The lowest BCUT2D eigenvalue weighted by Crippen LogP contribution is -2.50. The smallest absolute Gasteiger partial charge is 0.320 e. The van der Waals surface area contributed by atoms with Crippen LogP contribution in [0.2, 0.25) is 0 Å².